The van der Waals surface area contributed by atoms with Gasteiger partial charge in [-0.05, 0) is 50.4 Å². The van der Waals surface area contributed by atoms with Crippen molar-refractivity contribution in [2.75, 3.05) is 31.1 Å². The van der Waals surface area contributed by atoms with Crippen LogP contribution in [0.1, 0.15) is 36.5 Å². The van der Waals surface area contributed by atoms with Crippen molar-refractivity contribution in [3.05, 3.63) is 23.9 Å². The normalized spacial score (nSPS) is 23.6. The van der Waals surface area contributed by atoms with E-state index < -0.39 is 0 Å². The van der Waals surface area contributed by atoms with Gasteiger partial charge < -0.3 is 15.5 Å². The lowest BCUT2D eigenvalue weighted by atomic mass is 9.95. The van der Waals surface area contributed by atoms with E-state index in [-0.39, 0.29) is 36.8 Å². The number of anilines is 1. The molecule has 2 unspecified atom stereocenters. The van der Waals surface area contributed by atoms with Crippen molar-refractivity contribution < 1.29 is 4.79 Å². The zero-order valence-corrected chi connectivity index (χ0v) is 15.1. The maximum atomic E-state index is 12.3. The standard InChI is InChI=1S/C16H24N4O.2ClH/c1-12-10-17-7-6-14(12)19-16(21)13-4-5-15(18-11-13)20-8-2-3-9-20;;/h4-5,11-12,14,17H,2-3,6-10H2,1H3,(H,19,21);2*1H. The number of rotatable bonds is 3. The average molecular weight is 361 g/mol. The van der Waals surface area contributed by atoms with E-state index in [2.05, 4.69) is 27.4 Å². The molecule has 0 radical (unpaired) electrons. The van der Waals surface area contributed by atoms with Crippen LogP contribution in [0.3, 0.4) is 0 Å². The summed E-state index contributed by atoms with van der Waals surface area (Å²) in [6, 6.07) is 4.12. The molecule has 7 heteroatoms. The largest absolute Gasteiger partial charge is 0.357 e. The molecule has 0 aliphatic carbocycles. The topological polar surface area (TPSA) is 57.3 Å². The van der Waals surface area contributed by atoms with Crippen LogP contribution in [0.25, 0.3) is 0 Å². The second kappa shape index (κ2) is 9.30. The Morgan fingerprint density at radius 3 is 2.65 bits per heavy atom. The van der Waals surface area contributed by atoms with Crippen molar-refractivity contribution in [3.8, 4) is 0 Å². The van der Waals surface area contributed by atoms with Gasteiger partial charge in [0.15, 0.2) is 0 Å². The van der Waals surface area contributed by atoms with Crippen LogP contribution < -0.4 is 15.5 Å². The SMILES string of the molecule is CC1CNCCC1NC(=O)c1ccc(N2CCCC2)nc1.Cl.Cl. The van der Waals surface area contributed by atoms with Gasteiger partial charge in [-0.1, -0.05) is 6.92 Å². The summed E-state index contributed by atoms with van der Waals surface area (Å²) >= 11 is 0. The maximum Gasteiger partial charge on any atom is 0.253 e. The van der Waals surface area contributed by atoms with E-state index in [4.69, 9.17) is 0 Å². The van der Waals surface area contributed by atoms with Gasteiger partial charge in [-0.3, -0.25) is 4.79 Å². The molecule has 2 fully saturated rings. The second-order valence-corrected chi connectivity index (χ2v) is 6.15. The second-order valence-electron chi connectivity index (χ2n) is 6.15. The van der Waals surface area contributed by atoms with Crippen LogP contribution >= 0.6 is 24.8 Å². The monoisotopic (exact) mass is 360 g/mol. The Morgan fingerprint density at radius 1 is 1.30 bits per heavy atom. The number of carbonyl (C=O) groups is 1. The number of pyridine rings is 1. The zero-order valence-electron chi connectivity index (χ0n) is 13.5. The first kappa shape index (κ1) is 20.0. The molecule has 5 nitrogen and oxygen atoms in total. The lowest BCUT2D eigenvalue weighted by Crippen LogP contribution is -2.48. The van der Waals surface area contributed by atoms with Crippen molar-refractivity contribution in [3.63, 3.8) is 0 Å². The summed E-state index contributed by atoms with van der Waals surface area (Å²) in [6.45, 7) is 6.26. The molecular formula is C16H26Cl2N4O. The molecule has 2 aliphatic heterocycles. The van der Waals surface area contributed by atoms with E-state index in [1.807, 2.05) is 12.1 Å². The quantitative estimate of drug-likeness (QED) is 0.867. The molecule has 0 saturated carbocycles. The molecule has 130 valence electrons. The number of halogens is 2. The molecule has 3 rings (SSSR count). The molecule has 2 N–H and O–H groups in total. The first-order chi connectivity index (χ1) is 10.2. The van der Waals surface area contributed by atoms with Crippen LogP contribution in [0, 0.1) is 5.92 Å². The first-order valence-corrected chi connectivity index (χ1v) is 7.96. The Balaban J connectivity index is 0.00000132. The maximum absolute atomic E-state index is 12.3. The summed E-state index contributed by atoms with van der Waals surface area (Å²) in [5, 5.41) is 6.49. The van der Waals surface area contributed by atoms with E-state index in [0.29, 0.717) is 11.5 Å². The Labute approximate surface area is 150 Å². The minimum atomic E-state index is -0.00535. The van der Waals surface area contributed by atoms with Gasteiger partial charge in [0.05, 0.1) is 5.56 Å². The van der Waals surface area contributed by atoms with Crippen LogP contribution in [-0.4, -0.2) is 43.1 Å². The summed E-state index contributed by atoms with van der Waals surface area (Å²) in [7, 11) is 0. The van der Waals surface area contributed by atoms with E-state index in [1.165, 1.54) is 12.8 Å². The Hall–Kier alpha value is -1.04. The molecule has 0 spiro atoms. The van der Waals surface area contributed by atoms with Gasteiger partial charge in [-0.25, -0.2) is 4.98 Å². The van der Waals surface area contributed by atoms with E-state index in [9.17, 15) is 4.79 Å². The van der Waals surface area contributed by atoms with Crippen molar-refractivity contribution in [1.29, 1.82) is 0 Å². The molecule has 23 heavy (non-hydrogen) atoms. The van der Waals surface area contributed by atoms with Crippen LogP contribution in [0.2, 0.25) is 0 Å². The van der Waals surface area contributed by atoms with Gasteiger partial charge in [0.2, 0.25) is 0 Å². The van der Waals surface area contributed by atoms with Gasteiger partial charge in [-0.15, -0.1) is 24.8 Å². The number of hydrogen-bond donors (Lipinski definition) is 2. The Bertz CT molecular complexity index is 491. The summed E-state index contributed by atoms with van der Waals surface area (Å²) in [5.74, 6) is 1.45. The highest BCUT2D eigenvalue weighted by Crippen LogP contribution is 2.18. The predicted molar refractivity (Wildman–Crippen MR) is 98.1 cm³/mol. The van der Waals surface area contributed by atoms with Gasteiger partial charge in [-0.2, -0.15) is 0 Å². The number of carbonyl (C=O) groups excluding carboxylic acids is 1. The van der Waals surface area contributed by atoms with Crippen LogP contribution in [0.4, 0.5) is 5.82 Å². The number of piperidine rings is 1. The highest BCUT2D eigenvalue weighted by Gasteiger charge is 2.23. The zero-order chi connectivity index (χ0) is 14.7. The van der Waals surface area contributed by atoms with Gasteiger partial charge in [0.1, 0.15) is 5.82 Å². The molecule has 0 aromatic carbocycles. The highest BCUT2D eigenvalue weighted by molar-refractivity contribution is 5.94. The molecule has 2 atom stereocenters. The Morgan fingerprint density at radius 2 is 2.04 bits per heavy atom. The predicted octanol–water partition coefficient (Wildman–Crippen LogP) is 2.25. The molecule has 1 aromatic rings. The Kier molecular flexibility index (Phi) is 8.09. The van der Waals surface area contributed by atoms with Gasteiger partial charge in [0.25, 0.3) is 5.91 Å². The fraction of sp³-hybridized carbons (Fsp3) is 0.625. The lowest BCUT2D eigenvalue weighted by Gasteiger charge is -2.30. The van der Waals surface area contributed by atoms with Crippen molar-refractivity contribution in [2.45, 2.75) is 32.2 Å². The summed E-state index contributed by atoms with van der Waals surface area (Å²) < 4.78 is 0. The fourth-order valence-corrected chi connectivity index (χ4v) is 3.13. The molecule has 1 amide bonds. The fourth-order valence-electron chi connectivity index (χ4n) is 3.13. The lowest BCUT2D eigenvalue weighted by molar-refractivity contribution is 0.0914. The number of nitrogens with one attached hydrogen (secondary N) is 2. The molecular weight excluding hydrogens is 335 g/mol. The van der Waals surface area contributed by atoms with Gasteiger partial charge in [0, 0.05) is 25.3 Å². The third-order valence-corrected chi connectivity index (χ3v) is 4.54. The van der Waals surface area contributed by atoms with Crippen molar-refractivity contribution in [1.82, 2.24) is 15.6 Å². The average Bonchev–Trinajstić information content (AvgIpc) is 3.04. The van der Waals surface area contributed by atoms with Gasteiger partial charge >= 0.3 is 0 Å². The molecule has 3 heterocycles. The van der Waals surface area contributed by atoms with Crippen LogP contribution in [-0.2, 0) is 0 Å². The number of aromatic nitrogens is 1. The third-order valence-electron chi connectivity index (χ3n) is 4.54. The number of amides is 1. The molecule has 2 saturated heterocycles. The van der Waals surface area contributed by atoms with Crippen LogP contribution in [0.5, 0.6) is 0 Å². The summed E-state index contributed by atoms with van der Waals surface area (Å²) in [5.41, 5.74) is 0.656. The smallest absolute Gasteiger partial charge is 0.253 e. The van der Waals surface area contributed by atoms with E-state index in [1.54, 1.807) is 6.20 Å². The minimum absolute atomic E-state index is 0. The van der Waals surface area contributed by atoms with Crippen molar-refractivity contribution >= 4 is 36.5 Å². The molecule has 1 aromatic heterocycles. The number of hydrogen-bond acceptors (Lipinski definition) is 4. The van der Waals surface area contributed by atoms with E-state index >= 15 is 0 Å². The minimum Gasteiger partial charge on any atom is -0.357 e. The highest BCUT2D eigenvalue weighted by atomic mass is 35.5. The third kappa shape index (κ3) is 4.96. The summed E-state index contributed by atoms with van der Waals surface area (Å²) in [4.78, 5) is 19.0. The van der Waals surface area contributed by atoms with Crippen LogP contribution in [0.15, 0.2) is 18.3 Å². The molecule has 2 aliphatic rings. The summed E-state index contributed by atoms with van der Waals surface area (Å²) in [6.07, 6.45) is 5.16. The number of nitrogens with zero attached hydrogens (tertiary/aromatic N) is 2. The first-order valence-electron chi connectivity index (χ1n) is 7.96. The van der Waals surface area contributed by atoms with E-state index in [0.717, 1.165) is 38.4 Å². The van der Waals surface area contributed by atoms with Crippen molar-refractivity contribution in [2.24, 2.45) is 5.92 Å². The molecule has 0 bridgehead atoms.